The zero-order chi connectivity index (χ0) is 13.5. The number of hydrogen-bond acceptors (Lipinski definition) is 5. The van der Waals surface area contributed by atoms with Gasteiger partial charge in [-0.05, 0) is 24.6 Å². The number of carbonyl (C=O) groups is 1. The fourth-order valence-corrected chi connectivity index (χ4v) is 1.43. The third kappa shape index (κ3) is 3.74. The monoisotopic (exact) mass is 257 g/mol. The highest BCUT2D eigenvalue weighted by Gasteiger charge is 2.08. The van der Waals surface area contributed by atoms with Crippen molar-refractivity contribution in [3.8, 4) is 0 Å². The van der Waals surface area contributed by atoms with Gasteiger partial charge in [-0.2, -0.15) is 0 Å². The van der Waals surface area contributed by atoms with Crippen LogP contribution in [0.1, 0.15) is 23.8 Å². The quantitative estimate of drug-likeness (QED) is 0.855. The van der Waals surface area contributed by atoms with Crippen LogP contribution in [0.2, 0.25) is 0 Å². The number of hydrogen-bond donors (Lipinski definition) is 2. The second-order valence-electron chi connectivity index (χ2n) is 3.89. The number of anilines is 2. The van der Waals surface area contributed by atoms with Crippen molar-refractivity contribution in [1.29, 1.82) is 0 Å². The van der Waals surface area contributed by atoms with Crippen LogP contribution in [0.4, 0.5) is 11.6 Å². The molecule has 2 aromatic heterocycles. The van der Waals surface area contributed by atoms with E-state index in [0.717, 1.165) is 18.7 Å². The molecule has 1 amide bonds. The van der Waals surface area contributed by atoms with E-state index in [0.29, 0.717) is 5.69 Å². The van der Waals surface area contributed by atoms with Crippen LogP contribution in [0.15, 0.2) is 36.8 Å². The van der Waals surface area contributed by atoms with Gasteiger partial charge < -0.3 is 5.32 Å². The van der Waals surface area contributed by atoms with Crippen LogP contribution in [0.3, 0.4) is 0 Å². The van der Waals surface area contributed by atoms with E-state index in [1.54, 1.807) is 30.7 Å². The van der Waals surface area contributed by atoms with Gasteiger partial charge in [-0.25, -0.2) is 15.0 Å². The Hall–Kier alpha value is -2.50. The first kappa shape index (κ1) is 12.9. The number of carbonyl (C=O) groups excluding carboxylic acids is 1. The summed E-state index contributed by atoms with van der Waals surface area (Å²) in [5, 5.41) is 5.77. The summed E-state index contributed by atoms with van der Waals surface area (Å²) < 4.78 is 0. The number of rotatable bonds is 5. The summed E-state index contributed by atoms with van der Waals surface area (Å²) in [5.74, 6) is -0.0595. The molecular formula is C13H15N5O. The smallest absolute Gasteiger partial charge is 0.276 e. The van der Waals surface area contributed by atoms with Gasteiger partial charge in [0.25, 0.3) is 5.91 Å². The van der Waals surface area contributed by atoms with Gasteiger partial charge in [-0.3, -0.25) is 10.1 Å². The first-order valence-electron chi connectivity index (χ1n) is 6.08. The van der Waals surface area contributed by atoms with Crippen molar-refractivity contribution in [1.82, 2.24) is 15.0 Å². The zero-order valence-corrected chi connectivity index (χ0v) is 10.6. The molecule has 0 spiro atoms. The minimum atomic E-state index is -0.326. The molecule has 0 atom stereocenters. The Balaban J connectivity index is 1.99. The summed E-state index contributed by atoms with van der Waals surface area (Å²) in [6.07, 6.45) is 5.80. The number of nitrogens with one attached hydrogen (secondary N) is 2. The van der Waals surface area contributed by atoms with Gasteiger partial charge in [0.05, 0.1) is 11.9 Å². The van der Waals surface area contributed by atoms with Gasteiger partial charge in [-0.15, -0.1) is 0 Å². The van der Waals surface area contributed by atoms with Crippen LogP contribution in [0.5, 0.6) is 0 Å². The maximum absolute atomic E-state index is 11.9. The molecule has 0 aliphatic rings. The molecule has 19 heavy (non-hydrogen) atoms. The number of pyridine rings is 1. The lowest BCUT2D eigenvalue weighted by atomic mass is 10.3. The molecule has 0 aliphatic heterocycles. The Labute approximate surface area is 111 Å². The molecule has 0 unspecified atom stereocenters. The van der Waals surface area contributed by atoms with Crippen LogP contribution >= 0.6 is 0 Å². The molecule has 2 rings (SSSR count). The maximum atomic E-state index is 11.9. The van der Waals surface area contributed by atoms with Crippen LogP contribution < -0.4 is 10.6 Å². The Morgan fingerprint density at radius 3 is 2.63 bits per heavy atom. The first-order valence-corrected chi connectivity index (χ1v) is 6.08. The van der Waals surface area contributed by atoms with Crippen molar-refractivity contribution in [2.45, 2.75) is 13.3 Å². The molecule has 0 saturated carbocycles. The van der Waals surface area contributed by atoms with Gasteiger partial charge in [0.1, 0.15) is 5.69 Å². The molecule has 2 N–H and O–H groups in total. The summed E-state index contributed by atoms with van der Waals surface area (Å²) in [6.45, 7) is 2.97. The largest absolute Gasteiger partial charge is 0.384 e. The molecule has 0 aliphatic carbocycles. The van der Waals surface area contributed by atoms with E-state index in [9.17, 15) is 4.79 Å². The number of nitrogens with zero attached hydrogens (tertiary/aromatic N) is 3. The minimum Gasteiger partial charge on any atom is -0.384 e. The molecule has 0 bridgehead atoms. The molecule has 6 heteroatoms. The fourth-order valence-electron chi connectivity index (χ4n) is 1.43. The molecule has 6 nitrogen and oxygen atoms in total. The Bertz CT molecular complexity index is 526. The van der Waals surface area contributed by atoms with Gasteiger partial charge in [0.15, 0.2) is 0 Å². The fraction of sp³-hybridized carbons (Fsp3) is 0.231. The van der Waals surface area contributed by atoms with Crippen LogP contribution in [-0.4, -0.2) is 27.4 Å². The highest BCUT2D eigenvalue weighted by atomic mass is 16.2. The first-order chi connectivity index (χ1) is 9.29. The van der Waals surface area contributed by atoms with Crippen molar-refractivity contribution in [2.24, 2.45) is 0 Å². The molecule has 98 valence electrons. The van der Waals surface area contributed by atoms with Gasteiger partial charge in [-0.1, -0.05) is 6.92 Å². The average molecular weight is 257 g/mol. The average Bonchev–Trinajstić information content (AvgIpc) is 2.46. The van der Waals surface area contributed by atoms with Gasteiger partial charge in [0, 0.05) is 18.9 Å². The van der Waals surface area contributed by atoms with E-state index in [1.807, 2.05) is 6.07 Å². The summed E-state index contributed by atoms with van der Waals surface area (Å²) in [7, 11) is 0. The highest BCUT2D eigenvalue weighted by molar-refractivity contribution is 6.01. The Morgan fingerprint density at radius 1 is 1.21 bits per heavy atom. The summed E-state index contributed by atoms with van der Waals surface area (Å²) >= 11 is 0. The molecule has 2 aromatic rings. The predicted molar refractivity (Wildman–Crippen MR) is 73.0 cm³/mol. The second-order valence-corrected chi connectivity index (χ2v) is 3.89. The van der Waals surface area contributed by atoms with Crippen molar-refractivity contribution in [2.75, 3.05) is 17.2 Å². The van der Waals surface area contributed by atoms with E-state index in [2.05, 4.69) is 32.5 Å². The lowest BCUT2D eigenvalue weighted by molar-refractivity contribution is 0.102. The normalized spacial score (nSPS) is 9.95. The van der Waals surface area contributed by atoms with E-state index < -0.39 is 0 Å². The maximum Gasteiger partial charge on any atom is 0.276 e. The van der Waals surface area contributed by atoms with Gasteiger partial charge in [0.2, 0.25) is 5.95 Å². The van der Waals surface area contributed by atoms with Gasteiger partial charge >= 0.3 is 0 Å². The van der Waals surface area contributed by atoms with Crippen molar-refractivity contribution in [3.05, 3.63) is 42.5 Å². The van der Waals surface area contributed by atoms with Crippen molar-refractivity contribution < 1.29 is 4.79 Å². The van der Waals surface area contributed by atoms with Crippen LogP contribution in [0, 0.1) is 0 Å². The van der Waals surface area contributed by atoms with Crippen molar-refractivity contribution >= 4 is 17.5 Å². The third-order valence-corrected chi connectivity index (χ3v) is 2.37. The molecule has 0 aromatic carbocycles. The molecule has 0 fully saturated rings. The molecule has 0 radical (unpaired) electrons. The van der Waals surface area contributed by atoms with Crippen LogP contribution in [-0.2, 0) is 0 Å². The van der Waals surface area contributed by atoms with E-state index in [4.69, 9.17) is 0 Å². The topological polar surface area (TPSA) is 79.8 Å². The minimum absolute atomic E-state index is 0.266. The highest BCUT2D eigenvalue weighted by Crippen LogP contribution is 2.07. The SMILES string of the molecule is CCCNc1ccc(C(=O)Nc2ncccn2)nc1. The summed E-state index contributed by atoms with van der Waals surface area (Å²) in [6, 6.07) is 5.17. The lowest BCUT2D eigenvalue weighted by Crippen LogP contribution is -2.15. The molecule has 2 heterocycles. The summed E-state index contributed by atoms with van der Waals surface area (Å²) in [4.78, 5) is 23.8. The van der Waals surface area contributed by atoms with E-state index >= 15 is 0 Å². The van der Waals surface area contributed by atoms with Crippen molar-refractivity contribution in [3.63, 3.8) is 0 Å². The lowest BCUT2D eigenvalue weighted by Gasteiger charge is -2.05. The standard InChI is InChI=1S/C13H15N5O/c1-2-6-14-10-4-5-11(17-9-10)12(19)18-13-15-7-3-8-16-13/h3-5,7-9,14H,2,6H2,1H3,(H,15,16,18,19). The Kier molecular flexibility index (Phi) is 4.39. The zero-order valence-electron chi connectivity index (χ0n) is 10.6. The van der Waals surface area contributed by atoms with Crippen LogP contribution in [0.25, 0.3) is 0 Å². The number of aromatic nitrogens is 3. The van der Waals surface area contributed by atoms with E-state index in [-0.39, 0.29) is 11.9 Å². The molecule has 0 saturated heterocycles. The third-order valence-electron chi connectivity index (χ3n) is 2.37. The number of amides is 1. The van der Waals surface area contributed by atoms with E-state index in [1.165, 1.54) is 0 Å². The summed E-state index contributed by atoms with van der Waals surface area (Å²) in [5.41, 5.74) is 1.23. The second kappa shape index (κ2) is 6.44. The molecular weight excluding hydrogens is 242 g/mol. The predicted octanol–water partition coefficient (Wildman–Crippen LogP) is 1.95. The Morgan fingerprint density at radius 2 is 2.00 bits per heavy atom.